The van der Waals surface area contributed by atoms with Crippen molar-refractivity contribution < 1.29 is 19.4 Å². The van der Waals surface area contributed by atoms with E-state index < -0.39 is 19.3 Å². The lowest BCUT2D eigenvalue weighted by molar-refractivity contribution is -0.138. The zero-order valence-corrected chi connectivity index (χ0v) is 9.22. The van der Waals surface area contributed by atoms with Crippen LogP contribution in [-0.2, 0) is 9.36 Å². The molecule has 0 radical (unpaired) electrons. The Kier molecular flexibility index (Phi) is 3.66. The lowest BCUT2D eigenvalue weighted by Crippen LogP contribution is -2.15. The Labute approximate surface area is 88.0 Å². The van der Waals surface area contributed by atoms with Gasteiger partial charge in [-0.05, 0) is 5.56 Å². The van der Waals surface area contributed by atoms with E-state index in [0.717, 1.165) is 0 Å². The van der Waals surface area contributed by atoms with Crippen molar-refractivity contribution in [3.63, 3.8) is 0 Å². The Morgan fingerprint density at radius 1 is 1.40 bits per heavy atom. The van der Waals surface area contributed by atoms with Gasteiger partial charge in [0.25, 0.3) is 0 Å². The predicted octanol–water partition coefficient (Wildman–Crippen LogP) is 1.75. The van der Waals surface area contributed by atoms with Crippen molar-refractivity contribution in [3.8, 4) is 0 Å². The van der Waals surface area contributed by atoms with Crippen LogP contribution < -0.4 is 0 Å². The highest BCUT2D eigenvalue weighted by Crippen LogP contribution is 2.40. The normalized spacial score (nSPS) is 16.7. The summed E-state index contributed by atoms with van der Waals surface area (Å²) in [5.41, 5.74) is 0.557. The van der Waals surface area contributed by atoms with E-state index in [1.54, 1.807) is 30.3 Å². The summed E-state index contributed by atoms with van der Waals surface area (Å²) in [6.45, 7) is 1.17. The van der Waals surface area contributed by atoms with Crippen LogP contribution in [0.4, 0.5) is 0 Å². The van der Waals surface area contributed by atoms with Gasteiger partial charge in [0.15, 0.2) is 7.37 Å². The van der Waals surface area contributed by atoms with Crippen molar-refractivity contribution in [2.24, 2.45) is 0 Å². The number of hydrogen-bond donors (Lipinski definition) is 2. The third kappa shape index (κ3) is 3.86. The van der Waals surface area contributed by atoms with Crippen LogP contribution in [0.1, 0.15) is 11.5 Å². The van der Waals surface area contributed by atoms with Crippen LogP contribution in [0, 0.1) is 0 Å². The third-order valence-electron chi connectivity index (χ3n) is 2.02. The maximum Gasteiger partial charge on any atom is 0.311 e. The van der Waals surface area contributed by atoms with Gasteiger partial charge in [-0.3, -0.25) is 9.36 Å². The fourth-order valence-electron chi connectivity index (χ4n) is 1.35. The number of benzene rings is 1. The lowest BCUT2D eigenvalue weighted by Gasteiger charge is -2.14. The molecule has 4 nitrogen and oxygen atoms in total. The second-order valence-electron chi connectivity index (χ2n) is 3.54. The van der Waals surface area contributed by atoms with Gasteiger partial charge >= 0.3 is 5.97 Å². The summed E-state index contributed by atoms with van der Waals surface area (Å²) in [5, 5.41) is 8.96. The molecule has 5 heteroatoms. The molecule has 2 atom stereocenters. The monoisotopic (exact) mass is 228 g/mol. The summed E-state index contributed by atoms with van der Waals surface area (Å²) in [7, 11) is -3.32. The summed E-state index contributed by atoms with van der Waals surface area (Å²) >= 11 is 0. The predicted molar refractivity (Wildman–Crippen MR) is 57.4 cm³/mol. The minimum atomic E-state index is -3.32. The molecule has 15 heavy (non-hydrogen) atoms. The van der Waals surface area contributed by atoms with Crippen molar-refractivity contribution in [2.45, 2.75) is 5.92 Å². The molecule has 0 saturated carbocycles. The van der Waals surface area contributed by atoms with Gasteiger partial charge < -0.3 is 10.00 Å². The second kappa shape index (κ2) is 4.60. The second-order valence-corrected chi connectivity index (χ2v) is 6.00. The van der Waals surface area contributed by atoms with Crippen LogP contribution in [0.2, 0.25) is 0 Å². The summed E-state index contributed by atoms with van der Waals surface area (Å²) in [6, 6.07) is 8.49. The first kappa shape index (κ1) is 12.0. The molecule has 0 aliphatic rings. The van der Waals surface area contributed by atoms with E-state index in [2.05, 4.69) is 0 Å². The van der Waals surface area contributed by atoms with Crippen LogP contribution >= 0.6 is 7.37 Å². The van der Waals surface area contributed by atoms with Gasteiger partial charge in [0, 0.05) is 12.8 Å². The van der Waals surface area contributed by atoms with Crippen LogP contribution in [0.25, 0.3) is 0 Å². The maximum absolute atomic E-state index is 11.2. The van der Waals surface area contributed by atoms with Crippen LogP contribution in [0.5, 0.6) is 0 Å². The smallest absolute Gasteiger partial charge is 0.311 e. The number of rotatable bonds is 4. The topological polar surface area (TPSA) is 74.6 Å². The standard InChI is InChI=1S/C10H13O4P/c1-15(13,14)7-9(10(11)12)8-5-3-2-4-6-8/h2-6,9H,7H2,1H3,(H,11,12)(H,13,14). The number of aliphatic carboxylic acids is 1. The zero-order chi connectivity index (χ0) is 11.5. The Morgan fingerprint density at radius 3 is 2.33 bits per heavy atom. The van der Waals surface area contributed by atoms with Crippen LogP contribution in [0.15, 0.2) is 30.3 Å². The van der Waals surface area contributed by atoms with Crippen molar-refractivity contribution in [2.75, 3.05) is 12.8 Å². The average Bonchev–Trinajstić information content (AvgIpc) is 2.14. The van der Waals surface area contributed by atoms with E-state index in [1.165, 1.54) is 6.66 Å². The number of carboxylic acids is 1. The number of carbonyl (C=O) groups is 1. The summed E-state index contributed by atoms with van der Waals surface area (Å²) in [4.78, 5) is 20.1. The molecule has 1 aromatic carbocycles. The molecular weight excluding hydrogens is 215 g/mol. The first-order valence-electron chi connectivity index (χ1n) is 4.47. The van der Waals surface area contributed by atoms with Crippen molar-refractivity contribution in [1.29, 1.82) is 0 Å². The van der Waals surface area contributed by atoms with E-state index >= 15 is 0 Å². The van der Waals surface area contributed by atoms with E-state index in [4.69, 9.17) is 5.11 Å². The van der Waals surface area contributed by atoms with E-state index in [0.29, 0.717) is 5.56 Å². The highest BCUT2D eigenvalue weighted by atomic mass is 31.2. The number of carboxylic acid groups (broad SMARTS) is 1. The van der Waals surface area contributed by atoms with E-state index in [-0.39, 0.29) is 6.16 Å². The summed E-state index contributed by atoms with van der Waals surface area (Å²) in [5.74, 6) is -1.98. The first-order chi connectivity index (χ1) is 6.90. The molecule has 0 aliphatic heterocycles. The fraction of sp³-hybridized carbons (Fsp3) is 0.300. The van der Waals surface area contributed by atoms with Gasteiger partial charge in [-0.2, -0.15) is 0 Å². The highest BCUT2D eigenvalue weighted by molar-refractivity contribution is 7.57. The van der Waals surface area contributed by atoms with Gasteiger partial charge in [-0.25, -0.2) is 0 Å². The van der Waals surface area contributed by atoms with Gasteiger partial charge in [-0.1, -0.05) is 30.3 Å². The van der Waals surface area contributed by atoms with Gasteiger partial charge in [-0.15, -0.1) is 0 Å². The summed E-state index contributed by atoms with van der Waals surface area (Å²) < 4.78 is 11.2. The molecule has 2 unspecified atom stereocenters. The Hall–Kier alpha value is -1.12. The van der Waals surface area contributed by atoms with Crippen molar-refractivity contribution in [3.05, 3.63) is 35.9 Å². The number of hydrogen-bond acceptors (Lipinski definition) is 2. The van der Waals surface area contributed by atoms with Crippen molar-refractivity contribution in [1.82, 2.24) is 0 Å². The van der Waals surface area contributed by atoms with Gasteiger partial charge in [0.1, 0.15) is 0 Å². The van der Waals surface area contributed by atoms with Gasteiger partial charge in [0.05, 0.1) is 5.92 Å². The minimum Gasteiger partial charge on any atom is -0.481 e. The minimum absolute atomic E-state index is 0.230. The molecule has 82 valence electrons. The lowest BCUT2D eigenvalue weighted by atomic mass is 10.0. The SMILES string of the molecule is CP(=O)(O)CC(C(=O)O)c1ccccc1. The highest BCUT2D eigenvalue weighted by Gasteiger charge is 2.26. The molecular formula is C10H13O4P. The largest absolute Gasteiger partial charge is 0.481 e. The van der Waals surface area contributed by atoms with E-state index in [9.17, 15) is 14.3 Å². The quantitative estimate of drug-likeness (QED) is 0.770. The molecule has 0 fully saturated rings. The molecule has 0 spiro atoms. The molecule has 0 aromatic heterocycles. The van der Waals surface area contributed by atoms with Crippen LogP contribution in [0.3, 0.4) is 0 Å². The Balaban J connectivity index is 2.95. The molecule has 0 saturated heterocycles. The zero-order valence-electron chi connectivity index (χ0n) is 8.33. The molecule has 1 rings (SSSR count). The molecule has 0 aliphatic carbocycles. The summed E-state index contributed by atoms with van der Waals surface area (Å²) in [6.07, 6.45) is -0.230. The maximum atomic E-state index is 11.2. The molecule has 0 amide bonds. The molecule has 1 aromatic rings. The first-order valence-corrected chi connectivity index (χ1v) is 6.76. The van der Waals surface area contributed by atoms with Gasteiger partial charge in [0.2, 0.25) is 0 Å². The van der Waals surface area contributed by atoms with E-state index in [1.807, 2.05) is 0 Å². The third-order valence-corrected chi connectivity index (χ3v) is 3.06. The van der Waals surface area contributed by atoms with Crippen LogP contribution in [-0.4, -0.2) is 28.8 Å². The van der Waals surface area contributed by atoms with Crippen molar-refractivity contribution >= 4 is 13.3 Å². The molecule has 0 heterocycles. The Morgan fingerprint density at radius 2 is 1.93 bits per heavy atom. The molecule has 2 N–H and O–H groups in total. The fourth-order valence-corrected chi connectivity index (χ4v) is 2.39. The molecule has 0 bridgehead atoms. The average molecular weight is 228 g/mol. The Bertz CT molecular complexity index is 382.